The van der Waals surface area contributed by atoms with Crippen molar-refractivity contribution in [3.8, 4) is 0 Å². The maximum atomic E-state index is 12.7. The minimum absolute atomic E-state index is 0.0470. The molecule has 3 rings (SSSR count). The minimum Gasteiger partial charge on any atom is -0.479 e. The molecule has 2 aliphatic rings. The van der Waals surface area contributed by atoms with Crippen LogP contribution in [0.1, 0.15) is 5.69 Å². The van der Waals surface area contributed by atoms with E-state index in [1.165, 1.54) is 5.38 Å². The minimum atomic E-state index is -4.98. The van der Waals surface area contributed by atoms with Gasteiger partial charge < -0.3 is 30.6 Å². The summed E-state index contributed by atoms with van der Waals surface area (Å²) in [4.78, 5) is 56.9. The summed E-state index contributed by atoms with van der Waals surface area (Å²) in [5, 5.41) is 15.7. The van der Waals surface area contributed by atoms with Crippen molar-refractivity contribution in [1.82, 2.24) is 19.5 Å². The molecule has 1 aromatic heterocycles. The van der Waals surface area contributed by atoms with Gasteiger partial charge in [-0.05, 0) is 0 Å². The van der Waals surface area contributed by atoms with E-state index in [-0.39, 0.29) is 34.8 Å². The number of carbonyl (C=O) groups is 4. The first-order valence-electron chi connectivity index (χ1n) is 8.65. The van der Waals surface area contributed by atoms with E-state index < -0.39 is 58.6 Å². The Bertz CT molecular complexity index is 1090. The number of thiazole rings is 1. The van der Waals surface area contributed by atoms with Crippen LogP contribution in [0.5, 0.6) is 0 Å². The molecular weight excluding hydrogens is 476 g/mol. The third-order valence-electron chi connectivity index (χ3n) is 4.28. The molecule has 0 spiro atoms. The van der Waals surface area contributed by atoms with Gasteiger partial charge in [-0.25, -0.2) is 18.9 Å². The lowest BCUT2D eigenvalue weighted by Crippen LogP contribution is -2.74. The molecule has 3 heterocycles. The Morgan fingerprint density at radius 2 is 2.16 bits per heavy atom. The lowest BCUT2D eigenvalue weighted by Gasteiger charge is -2.45. The number of ether oxygens (including phenoxy) is 1. The van der Waals surface area contributed by atoms with Crippen LogP contribution in [-0.4, -0.2) is 100 Å². The summed E-state index contributed by atoms with van der Waals surface area (Å²) in [6, 6.07) is -2.81. The van der Waals surface area contributed by atoms with Crippen LogP contribution in [0.4, 0.5) is 9.93 Å². The summed E-state index contributed by atoms with van der Waals surface area (Å²) in [5.74, 6) is -3.60. The van der Waals surface area contributed by atoms with Crippen LogP contribution in [0.15, 0.2) is 10.5 Å². The Morgan fingerprint density at radius 3 is 2.69 bits per heavy atom. The maximum Gasteiger partial charge on any atom is 0.410 e. The number of β-lactam (4-membered cyclic amide) rings is 1. The number of hydrogen-bond acceptors (Lipinski definition) is 12. The molecule has 3 amide bonds. The number of carboxylic acid groups (broad SMARTS) is 1. The highest BCUT2D eigenvalue weighted by atomic mass is 32.2. The number of anilines is 1. The highest BCUT2D eigenvalue weighted by Gasteiger charge is 2.55. The smallest absolute Gasteiger partial charge is 0.410 e. The predicted octanol–water partition coefficient (Wildman–Crippen LogP) is -2.52. The number of nitrogens with two attached hydrogens (primary N) is 1. The standard InChI is InChI=1S/C14H16N6O10S2/c15-13-16-6(5-31-13)9(18-30-4-8(21)22)11(23)17-10-7(3-19-1-2-29-14(19)25)20(12(10)24)32(26,27)28/h5,7,10H,1-4H2,(H2,15,16)(H,17,23)(H,21,22)(H,26,27,28)/b18-9-/t7-,10+/m1/s1. The monoisotopic (exact) mass is 492 g/mol. The van der Waals surface area contributed by atoms with Gasteiger partial charge in [0.2, 0.25) is 6.61 Å². The SMILES string of the molecule is Nc1nc(/C(=N/OCC(=O)O)C(=O)N[C@@H]2C(=O)N(S(=O)(=O)O)[C@@H]2CN2CCOC2=O)cs1. The second-order valence-corrected chi connectivity index (χ2v) is 8.55. The van der Waals surface area contributed by atoms with Crippen molar-refractivity contribution in [1.29, 1.82) is 0 Å². The molecule has 1 aromatic rings. The molecular formula is C14H16N6O10S2. The third kappa shape index (κ3) is 4.86. The van der Waals surface area contributed by atoms with E-state index in [2.05, 4.69) is 20.3 Å². The van der Waals surface area contributed by atoms with Gasteiger partial charge in [0, 0.05) is 11.9 Å². The molecule has 0 bridgehead atoms. The topological polar surface area (TPSA) is 231 Å². The molecule has 0 aliphatic carbocycles. The molecule has 16 nitrogen and oxygen atoms in total. The van der Waals surface area contributed by atoms with Crippen LogP contribution in [0.3, 0.4) is 0 Å². The van der Waals surface area contributed by atoms with Gasteiger partial charge in [0.1, 0.15) is 18.3 Å². The molecule has 0 unspecified atom stereocenters. The number of amides is 3. The molecule has 2 atom stereocenters. The van der Waals surface area contributed by atoms with Gasteiger partial charge in [-0.2, -0.15) is 8.42 Å². The summed E-state index contributed by atoms with van der Waals surface area (Å²) in [5.41, 5.74) is 4.91. The average molecular weight is 492 g/mol. The zero-order chi connectivity index (χ0) is 23.6. The maximum absolute atomic E-state index is 12.7. The summed E-state index contributed by atoms with van der Waals surface area (Å²) < 4.78 is 37.4. The predicted molar refractivity (Wildman–Crippen MR) is 104 cm³/mol. The molecule has 2 fully saturated rings. The summed E-state index contributed by atoms with van der Waals surface area (Å²) >= 11 is 0.943. The van der Waals surface area contributed by atoms with Gasteiger partial charge in [-0.15, -0.1) is 11.3 Å². The second kappa shape index (κ2) is 8.93. The molecule has 18 heteroatoms. The fourth-order valence-electron chi connectivity index (χ4n) is 2.92. The van der Waals surface area contributed by atoms with Crippen molar-refractivity contribution in [2.45, 2.75) is 12.1 Å². The van der Waals surface area contributed by atoms with Crippen molar-refractivity contribution in [2.75, 3.05) is 32.0 Å². The Balaban J connectivity index is 1.82. The lowest BCUT2D eigenvalue weighted by molar-refractivity contribution is -0.145. The third-order valence-corrected chi connectivity index (χ3v) is 5.90. The largest absolute Gasteiger partial charge is 0.479 e. The van der Waals surface area contributed by atoms with Crippen molar-refractivity contribution < 1.29 is 46.8 Å². The Kier molecular flexibility index (Phi) is 6.46. The number of aromatic nitrogens is 1. The Morgan fingerprint density at radius 1 is 1.44 bits per heavy atom. The van der Waals surface area contributed by atoms with Gasteiger partial charge in [0.15, 0.2) is 10.8 Å². The number of carbonyl (C=O) groups excluding carboxylic acids is 3. The zero-order valence-corrected chi connectivity index (χ0v) is 17.5. The van der Waals surface area contributed by atoms with Crippen molar-refractivity contribution in [2.24, 2.45) is 5.16 Å². The molecule has 0 radical (unpaired) electrons. The first-order valence-corrected chi connectivity index (χ1v) is 10.9. The number of oxime groups is 1. The number of nitrogens with zero attached hydrogens (tertiary/aromatic N) is 4. The fourth-order valence-corrected chi connectivity index (χ4v) is 4.34. The number of carboxylic acids is 1. The highest BCUT2D eigenvalue weighted by molar-refractivity contribution is 7.84. The summed E-state index contributed by atoms with van der Waals surface area (Å²) in [6.45, 7) is -1.08. The van der Waals surface area contributed by atoms with Crippen molar-refractivity contribution >= 4 is 56.4 Å². The van der Waals surface area contributed by atoms with Crippen LogP contribution in [0, 0.1) is 0 Å². The van der Waals surface area contributed by atoms with Crippen molar-refractivity contribution in [3.63, 3.8) is 0 Å². The fraction of sp³-hybridized carbons (Fsp3) is 0.429. The van der Waals surface area contributed by atoms with Gasteiger partial charge in [0.25, 0.3) is 11.8 Å². The number of rotatable bonds is 9. The number of cyclic esters (lactones) is 1. The highest BCUT2D eigenvalue weighted by Crippen LogP contribution is 2.26. The average Bonchev–Trinajstić information content (AvgIpc) is 3.29. The van der Waals surface area contributed by atoms with Gasteiger partial charge in [-0.3, -0.25) is 14.1 Å². The van der Waals surface area contributed by atoms with Gasteiger partial charge in [0.05, 0.1) is 12.6 Å². The molecule has 0 saturated carbocycles. The molecule has 2 saturated heterocycles. The number of nitrogens with one attached hydrogen (secondary N) is 1. The zero-order valence-electron chi connectivity index (χ0n) is 15.9. The van der Waals surface area contributed by atoms with Crippen LogP contribution >= 0.6 is 11.3 Å². The lowest BCUT2D eigenvalue weighted by atomic mass is 9.97. The molecule has 2 aliphatic heterocycles. The van der Waals surface area contributed by atoms with E-state index in [0.717, 1.165) is 16.2 Å². The number of nitrogen functional groups attached to an aromatic ring is 1. The van der Waals surface area contributed by atoms with Crippen LogP contribution in [0.2, 0.25) is 0 Å². The van der Waals surface area contributed by atoms with Crippen LogP contribution in [-0.2, 0) is 34.3 Å². The molecule has 32 heavy (non-hydrogen) atoms. The Hall–Kier alpha value is -3.51. The van der Waals surface area contributed by atoms with Crippen LogP contribution in [0.25, 0.3) is 0 Å². The second-order valence-electron chi connectivity index (χ2n) is 6.37. The van der Waals surface area contributed by atoms with E-state index in [1.54, 1.807) is 0 Å². The first kappa shape index (κ1) is 23.2. The Labute approximate surface area is 183 Å². The van der Waals surface area contributed by atoms with Crippen molar-refractivity contribution in [3.05, 3.63) is 11.1 Å². The normalized spacial score (nSPS) is 21.2. The summed E-state index contributed by atoms with van der Waals surface area (Å²) in [7, 11) is -4.98. The van der Waals surface area contributed by atoms with Gasteiger partial charge >= 0.3 is 22.4 Å². The van der Waals surface area contributed by atoms with Crippen LogP contribution < -0.4 is 11.1 Å². The molecule has 5 N–H and O–H groups in total. The first-order chi connectivity index (χ1) is 15.0. The quantitative estimate of drug-likeness (QED) is 0.121. The van der Waals surface area contributed by atoms with E-state index in [9.17, 15) is 32.1 Å². The molecule has 0 aromatic carbocycles. The van der Waals surface area contributed by atoms with E-state index in [0.29, 0.717) is 0 Å². The summed E-state index contributed by atoms with van der Waals surface area (Å²) in [6.07, 6.45) is -0.757. The van der Waals surface area contributed by atoms with E-state index in [1.807, 2.05) is 0 Å². The van der Waals surface area contributed by atoms with Gasteiger partial charge in [-0.1, -0.05) is 5.16 Å². The number of aliphatic carboxylic acids is 1. The van der Waals surface area contributed by atoms with E-state index in [4.69, 9.17) is 15.6 Å². The van der Waals surface area contributed by atoms with E-state index >= 15 is 0 Å². The number of hydrogen-bond donors (Lipinski definition) is 4. The molecule has 174 valence electrons.